The minimum atomic E-state index is -0.897. The first-order valence-electron chi connectivity index (χ1n) is 5.66. The van der Waals surface area contributed by atoms with E-state index in [1.54, 1.807) is 24.3 Å². The number of aryl methyl sites for hydroxylation is 1. The molecule has 0 fully saturated rings. The summed E-state index contributed by atoms with van der Waals surface area (Å²) in [6.07, 6.45) is -0.897. The predicted octanol–water partition coefficient (Wildman–Crippen LogP) is 2.17. The highest BCUT2D eigenvalue weighted by molar-refractivity contribution is 5.89. The van der Waals surface area contributed by atoms with Crippen molar-refractivity contribution in [3.05, 3.63) is 45.8 Å². The lowest BCUT2D eigenvalue weighted by Gasteiger charge is -2.06. The van der Waals surface area contributed by atoms with E-state index < -0.39 is 12.1 Å². The second-order valence-corrected chi connectivity index (χ2v) is 4.15. The van der Waals surface area contributed by atoms with Gasteiger partial charge >= 0.3 is 5.97 Å². The highest BCUT2D eigenvalue weighted by atomic mass is 16.6. The van der Waals surface area contributed by atoms with Crippen molar-refractivity contribution >= 4 is 16.9 Å². The van der Waals surface area contributed by atoms with Gasteiger partial charge in [0.2, 0.25) is 5.76 Å². The van der Waals surface area contributed by atoms with Gasteiger partial charge in [-0.05, 0) is 26.0 Å². The molecule has 0 radical (unpaired) electrons. The maximum absolute atomic E-state index is 11.9. The standard InChI is InChI=1S/C14H11NO4/c1-8-3-4-12-10(5-8)11(16)6-13(19-12)14(17)18-9(2)7-15/h3-6,9H,1-2H3/t9-/m1/s1. The third kappa shape index (κ3) is 2.63. The molecule has 0 bridgehead atoms. The van der Waals surface area contributed by atoms with Crippen LogP contribution in [-0.2, 0) is 4.74 Å². The molecule has 2 rings (SSSR count). The largest absolute Gasteiger partial charge is 0.449 e. The number of nitriles is 1. The van der Waals surface area contributed by atoms with Crippen LogP contribution in [0.15, 0.2) is 33.5 Å². The number of fused-ring (bicyclic) bond motifs is 1. The zero-order chi connectivity index (χ0) is 14.0. The predicted molar refractivity (Wildman–Crippen MR) is 67.7 cm³/mol. The summed E-state index contributed by atoms with van der Waals surface area (Å²) in [5.74, 6) is -1.03. The van der Waals surface area contributed by atoms with Gasteiger partial charge in [-0.3, -0.25) is 4.79 Å². The van der Waals surface area contributed by atoms with Crippen LogP contribution in [0.2, 0.25) is 0 Å². The number of ether oxygens (including phenoxy) is 1. The molecule has 0 saturated heterocycles. The molecule has 5 nitrogen and oxygen atoms in total. The van der Waals surface area contributed by atoms with E-state index in [1.807, 2.05) is 6.92 Å². The van der Waals surface area contributed by atoms with Gasteiger partial charge in [0.1, 0.15) is 11.7 Å². The zero-order valence-electron chi connectivity index (χ0n) is 10.5. The molecule has 1 aromatic heterocycles. The zero-order valence-corrected chi connectivity index (χ0v) is 10.5. The molecule has 5 heteroatoms. The second-order valence-electron chi connectivity index (χ2n) is 4.15. The van der Waals surface area contributed by atoms with Gasteiger partial charge in [0, 0.05) is 6.07 Å². The summed E-state index contributed by atoms with van der Waals surface area (Å²) in [6, 6.07) is 7.93. The SMILES string of the molecule is Cc1ccc2oc(C(=O)O[C@H](C)C#N)cc(=O)c2c1. The molecular formula is C14H11NO4. The lowest BCUT2D eigenvalue weighted by Crippen LogP contribution is -2.15. The van der Waals surface area contributed by atoms with E-state index >= 15 is 0 Å². The fourth-order valence-electron chi connectivity index (χ4n) is 1.62. The minimum Gasteiger partial charge on any atom is -0.449 e. The van der Waals surface area contributed by atoms with Crippen molar-refractivity contribution in [1.82, 2.24) is 0 Å². The number of hydrogen-bond donors (Lipinski definition) is 0. The van der Waals surface area contributed by atoms with E-state index in [9.17, 15) is 9.59 Å². The third-order valence-corrected chi connectivity index (χ3v) is 2.55. The number of benzene rings is 1. The summed E-state index contributed by atoms with van der Waals surface area (Å²) >= 11 is 0. The fourth-order valence-corrected chi connectivity index (χ4v) is 1.62. The van der Waals surface area contributed by atoms with Gasteiger partial charge < -0.3 is 9.15 Å². The van der Waals surface area contributed by atoms with Crippen LogP contribution in [0.4, 0.5) is 0 Å². The summed E-state index contributed by atoms with van der Waals surface area (Å²) < 4.78 is 10.1. The lowest BCUT2D eigenvalue weighted by atomic mass is 10.1. The molecule has 1 atom stereocenters. The van der Waals surface area contributed by atoms with Crippen molar-refractivity contribution in [1.29, 1.82) is 5.26 Å². The Morgan fingerprint density at radius 2 is 2.16 bits per heavy atom. The van der Waals surface area contributed by atoms with Crippen molar-refractivity contribution < 1.29 is 13.9 Å². The molecule has 1 aromatic carbocycles. The van der Waals surface area contributed by atoms with Crippen LogP contribution in [0, 0.1) is 18.3 Å². The van der Waals surface area contributed by atoms with Gasteiger partial charge in [-0.2, -0.15) is 5.26 Å². The maximum Gasteiger partial charge on any atom is 0.375 e. The summed E-state index contributed by atoms with van der Waals surface area (Å²) in [6.45, 7) is 3.29. The van der Waals surface area contributed by atoms with Crippen LogP contribution in [0.1, 0.15) is 23.0 Å². The molecule has 0 unspecified atom stereocenters. The Morgan fingerprint density at radius 1 is 1.42 bits per heavy atom. The van der Waals surface area contributed by atoms with Crippen LogP contribution in [-0.4, -0.2) is 12.1 Å². The molecule has 0 aliphatic heterocycles. The third-order valence-electron chi connectivity index (χ3n) is 2.55. The molecule has 0 spiro atoms. The normalized spacial score (nSPS) is 11.8. The number of nitrogens with zero attached hydrogens (tertiary/aromatic N) is 1. The van der Waals surface area contributed by atoms with Crippen molar-refractivity contribution in [2.45, 2.75) is 20.0 Å². The van der Waals surface area contributed by atoms with E-state index in [2.05, 4.69) is 0 Å². The quantitative estimate of drug-likeness (QED) is 0.770. The lowest BCUT2D eigenvalue weighted by molar-refractivity contribution is 0.0399. The van der Waals surface area contributed by atoms with Crippen molar-refractivity contribution in [2.24, 2.45) is 0 Å². The molecular weight excluding hydrogens is 246 g/mol. The molecule has 0 aliphatic carbocycles. The highest BCUT2D eigenvalue weighted by Crippen LogP contribution is 2.15. The number of rotatable bonds is 2. The number of hydrogen-bond acceptors (Lipinski definition) is 5. The van der Waals surface area contributed by atoms with E-state index in [0.29, 0.717) is 11.0 Å². The monoisotopic (exact) mass is 257 g/mol. The molecule has 0 saturated carbocycles. The Labute approximate surface area is 109 Å². The second kappa shape index (κ2) is 4.94. The topological polar surface area (TPSA) is 80.3 Å². The van der Waals surface area contributed by atoms with E-state index in [-0.39, 0.29) is 11.2 Å². The first-order chi connectivity index (χ1) is 9.01. The van der Waals surface area contributed by atoms with E-state index in [4.69, 9.17) is 14.4 Å². The number of esters is 1. The van der Waals surface area contributed by atoms with Crippen molar-refractivity contribution in [3.8, 4) is 6.07 Å². The number of carbonyl (C=O) groups excluding carboxylic acids is 1. The molecule has 0 aliphatic rings. The molecule has 0 amide bonds. The Kier molecular flexibility index (Phi) is 3.34. The van der Waals surface area contributed by atoms with Crippen LogP contribution in [0.3, 0.4) is 0 Å². The maximum atomic E-state index is 11.9. The average Bonchev–Trinajstić information content (AvgIpc) is 2.39. The Balaban J connectivity index is 2.47. The van der Waals surface area contributed by atoms with Crippen LogP contribution >= 0.6 is 0 Å². The average molecular weight is 257 g/mol. The highest BCUT2D eigenvalue weighted by Gasteiger charge is 2.16. The Hall–Kier alpha value is -2.61. The minimum absolute atomic E-state index is 0.205. The molecule has 19 heavy (non-hydrogen) atoms. The molecule has 0 N–H and O–H groups in total. The van der Waals surface area contributed by atoms with Gasteiger partial charge in [-0.1, -0.05) is 11.6 Å². The van der Waals surface area contributed by atoms with E-state index in [0.717, 1.165) is 11.6 Å². The molecule has 2 aromatic rings. The summed E-state index contributed by atoms with van der Waals surface area (Å²) in [5, 5.41) is 8.98. The molecule has 1 heterocycles. The summed E-state index contributed by atoms with van der Waals surface area (Å²) in [4.78, 5) is 23.5. The van der Waals surface area contributed by atoms with Gasteiger partial charge in [-0.15, -0.1) is 0 Å². The first kappa shape index (κ1) is 12.8. The van der Waals surface area contributed by atoms with E-state index in [1.165, 1.54) is 6.92 Å². The number of carbonyl (C=O) groups is 1. The first-order valence-corrected chi connectivity index (χ1v) is 5.66. The van der Waals surface area contributed by atoms with Gasteiger partial charge in [-0.25, -0.2) is 4.79 Å². The smallest absolute Gasteiger partial charge is 0.375 e. The van der Waals surface area contributed by atoms with Crippen LogP contribution in [0.5, 0.6) is 0 Å². The van der Waals surface area contributed by atoms with Crippen LogP contribution < -0.4 is 5.43 Å². The van der Waals surface area contributed by atoms with Gasteiger partial charge in [0.15, 0.2) is 11.5 Å². The molecule has 96 valence electrons. The Bertz CT molecular complexity index is 739. The Morgan fingerprint density at radius 3 is 2.84 bits per heavy atom. The summed E-state index contributed by atoms with van der Waals surface area (Å²) in [7, 11) is 0. The van der Waals surface area contributed by atoms with Crippen LogP contribution in [0.25, 0.3) is 11.0 Å². The van der Waals surface area contributed by atoms with Gasteiger partial charge in [0.05, 0.1) is 5.39 Å². The fraction of sp³-hybridized carbons (Fsp3) is 0.214. The van der Waals surface area contributed by atoms with Crippen molar-refractivity contribution in [3.63, 3.8) is 0 Å². The summed E-state index contributed by atoms with van der Waals surface area (Å²) in [5.41, 5.74) is 0.921. The van der Waals surface area contributed by atoms with Gasteiger partial charge in [0.25, 0.3) is 0 Å². The van der Waals surface area contributed by atoms with Crippen molar-refractivity contribution in [2.75, 3.05) is 0 Å².